The van der Waals surface area contributed by atoms with E-state index in [9.17, 15) is 0 Å². The first kappa shape index (κ1) is 17.3. The van der Waals surface area contributed by atoms with Crippen LogP contribution in [0, 0.1) is 11.8 Å². The largest absolute Gasteiger partial charge is 1.00 e. The molecule has 2 fully saturated rings. The van der Waals surface area contributed by atoms with Crippen molar-refractivity contribution >= 4 is 5.84 Å². The molecule has 122 valence electrons. The van der Waals surface area contributed by atoms with Crippen molar-refractivity contribution in [2.45, 2.75) is 89.5 Å². The van der Waals surface area contributed by atoms with Gasteiger partial charge in [0.05, 0.1) is 12.6 Å². The van der Waals surface area contributed by atoms with Crippen molar-refractivity contribution in [3.63, 3.8) is 0 Å². The number of rotatable bonds is 3. The standard InChI is InChI=1S/C18H32N2.BrH/c1-3-8-15(9-4-1)14-16-10-7-11-17(16)20-18-12-5-2-6-13-19-18;/h15-17H,1-14H2,(H,19,20);1H/t16-,17-;/m1./s1. The minimum atomic E-state index is 0. The lowest BCUT2D eigenvalue weighted by Gasteiger charge is -2.26. The first-order valence-electron chi connectivity index (χ1n) is 9.28. The van der Waals surface area contributed by atoms with E-state index < -0.39 is 0 Å². The molecule has 3 heteroatoms. The van der Waals surface area contributed by atoms with Gasteiger partial charge in [-0.1, -0.05) is 32.1 Å². The minimum Gasteiger partial charge on any atom is -1.00 e. The smallest absolute Gasteiger partial charge is 0.242 e. The number of nitrogens with one attached hydrogen (secondary N) is 2. The van der Waals surface area contributed by atoms with E-state index in [0.717, 1.165) is 17.9 Å². The third kappa shape index (κ3) is 5.26. The van der Waals surface area contributed by atoms with Gasteiger partial charge >= 0.3 is 0 Å². The van der Waals surface area contributed by atoms with Crippen molar-refractivity contribution in [3.05, 3.63) is 0 Å². The predicted molar refractivity (Wildman–Crippen MR) is 84.8 cm³/mol. The maximum atomic E-state index is 3.90. The molecule has 1 aliphatic heterocycles. The second-order valence-electron chi connectivity index (χ2n) is 7.40. The van der Waals surface area contributed by atoms with Gasteiger partial charge in [0.1, 0.15) is 0 Å². The Balaban J connectivity index is 0.00000161. The van der Waals surface area contributed by atoms with Crippen molar-refractivity contribution in [2.24, 2.45) is 11.8 Å². The van der Waals surface area contributed by atoms with E-state index in [0.29, 0.717) is 0 Å². The van der Waals surface area contributed by atoms with Gasteiger partial charge in [0.15, 0.2) is 0 Å². The summed E-state index contributed by atoms with van der Waals surface area (Å²) in [6.07, 6.45) is 18.7. The number of hydrogen-bond donors (Lipinski definition) is 2. The van der Waals surface area contributed by atoms with Crippen LogP contribution in [-0.2, 0) is 0 Å². The molecule has 0 spiro atoms. The third-order valence-corrected chi connectivity index (χ3v) is 5.82. The Bertz CT molecular complexity index is 323. The maximum Gasteiger partial charge on any atom is 0.242 e. The van der Waals surface area contributed by atoms with E-state index in [1.165, 1.54) is 95.9 Å². The Labute approximate surface area is 141 Å². The zero-order valence-electron chi connectivity index (χ0n) is 13.5. The second kappa shape index (κ2) is 9.17. The van der Waals surface area contributed by atoms with E-state index in [4.69, 9.17) is 0 Å². The molecule has 0 saturated heterocycles. The molecule has 2 atom stereocenters. The van der Waals surface area contributed by atoms with Crippen LogP contribution in [0.1, 0.15) is 83.5 Å². The van der Waals surface area contributed by atoms with E-state index in [1.807, 2.05) is 0 Å². The molecule has 2 saturated carbocycles. The number of hydrogen-bond acceptors (Lipinski definition) is 1. The van der Waals surface area contributed by atoms with Crippen molar-refractivity contribution in [2.75, 3.05) is 6.54 Å². The summed E-state index contributed by atoms with van der Waals surface area (Å²) in [7, 11) is 0. The Kier molecular flexibility index (Phi) is 7.56. The van der Waals surface area contributed by atoms with Gasteiger partial charge in [-0.25, -0.2) is 0 Å². The van der Waals surface area contributed by atoms with E-state index in [2.05, 4.69) is 10.3 Å². The van der Waals surface area contributed by atoms with Gasteiger partial charge in [0.2, 0.25) is 5.84 Å². The molecular weight excluding hydrogens is 324 g/mol. The van der Waals surface area contributed by atoms with Crippen molar-refractivity contribution in [1.29, 1.82) is 0 Å². The molecule has 21 heavy (non-hydrogen) atoms. The van der Waals surface area contributed by atoms with Crippen molar-refractivity contribution in [1.82, 2.24) is 5.32 Å². The fourth-order valence-corrected chi connectivity index (χ4v) is 4.64. The average Bonchev–Trinajstić information content (AvgIpc) is 2.74. The fraction of sp³-hybridized carbons (Fsp3) is 0.944. The molecule has 2 N–H and O–H groups in total. The van der Waals surface area contributed by atoms with Gasteiger partial charge in [-0.3, -0.25) is 10.3 Å². The topological polar surface area (TPSA) is 26.0 Å². The molecule has 0 aromatic carbocycles. The molecule has 0 unspecified atom stereocenters. The quantitative estimate of drug-likeness (QED) is 0.717. The zero-order valence-corrected chi connectivity index (χ0v) is 15.1. The SMILES string of the molecule is C1CC[NH+]=C(N[C@@H]2CCC[C@@H]2CC2CCCCC2)CC1.[Br-]. The fourth-order valence-electron chi connectivity index (χ4n) is 4.64. The third-order valence-electron chi connectivity index (χ3n) is 5.82. The summed E-state index contributed by atoms with van der Waals surface area (Å²) in [5.74, 6) is 3.46. The monoisotopic (exact) mass is 356 g/mol. The lowest BCUT2D eigenvalue weighted by Crippen LogP contribution is -3.00. The molecule has 0 amide bonds. The average molecular weight is 357 g/mol. The summed E-state index contributed by atoms with van der Waals surface area (Å²) >= 11 is 0. The highest BCUT2D eigenvalue weighted by molar-refractivity contribution is 5.76. The van der Waals surface area contributed by atoms with Gasteiger partial charge in [-0.05, 0) is 56.8 Å². The van der Waals surface area contributed by atoms with E-state index in [1.54, 1.807) is 0 Å². The van der Waals surface area contributed by atoms with Crippen molar-refractivity contribution < 1.29 is 22.0 Å². The summed E-state index contributed by atoms with van der Waals surface area (Å²) in [5.41, 5.74) is 0. The summed E-state index contributed by atoms with van der Waals surface area (Å²) in [6, 6.07) is 0.775. The molecule has 0 aromatic rings. The highest BCUT2D eigenvalue weighted by Gasteiger charge is 2.33. The van der Waals surface area contributed by atoms with Crippen LogP contribution in [0.3, 0.4) is 0 Å². The highest BCUT2D eigenvalue weighted by atomic mass is 79.9. The Morgan fingerprint density at radius 3 is 2.52 bits per heavy atom. The molecule has 2 nitrogen and oxygen atoms in total. The number of halogens is 1. The molecule has 0 aromatic heterocycles. The lowest BCUT2D eigenvalue weighted by molar-refractivity contribution is -0.460. The van der Waals surface area contributed by atoms with Crippen LogP contribution >= 0.6 is 0 Å². The van der Waals surface area contributed by atoms with Crippen LogP contribution in [0.5, 0.6) is 0 Å². The summed E-state index contributed by atoms with van der Waals surface area (Å²) in [5, 5.41) is 3.90. The summed E-state index contributed by atoms with van der Waals surface area (Å²) in [6.45, 7) is 1.18. The Hall–Kier alpha value is -0.0500. The Morgan fingerprint density at radius 1 is 0.857 bits per heavy atom. The molecule has 0 radical (unpaired) electrons. The second-order valence-corrected chi connectivity index (χ2v) is 7.40. The predicted octanol–water partition coefficient (Wildman–Crippen LogP) is -0.228. The van der Waals surface area contributed by atoms with Crippen LogP contribution < -0.4 is 27.3 Å². The van der Waals surface area contributed by atoms with E-state index >= 15 is 0 Å². The van der Waals surface area contributed by atoms with Crippen molar-refractivity contribution in [3.8, 4) is 0 Å². The lowest BCUT2D eigenvalue weighted by atomic mass is 9.81. The number of amidine groups is 1. The van der Waals surface area contributed by atoms with Crippen LogP contribution in [0.4, 0.5) is 0 Å². The molecule has 0 bridgehead atoms. The van der Waals surface area contributed by atoms with Gasteiger partial charge in [0, 0.05) is 6.42 Å². The molecule has 2 aliphatic carbocycles. The first-order valence-corrected chi connectivity index (χ1v) is 9.28. The normalized spacial score (nSPS) is 31.1. The first-order chi connectivity index (χ1) is 9.92. The van der Waals surface area contributed by atoms with Gasteiger partial charge in [0.25, 0.3) is 0 Å². The Morgan fingerprint density at radius 2 is 1.67 bits per heavy atom. The molecule has 1 heterocycles. The zero-order chi connectivity index (χ0) is 13.6. The van der Waals surface area contributed by atoms with Crippen LogP contribution in [0.2, 0.25) is 0 Å². The summed E-state index contributed by atoms with van der Waals surface area (Å²) in [4.78, 5) is 3.64. The molecule has 3 aliphatic rings. The maximum absolute atomic E-state index is 3.90. The van der Waals surface area contributed by atoms with Crippen LogP contribution in [-0.4, -0.2) is 18.4 Å². The van der Waals surface area contributed by atoms with Crippen LogP contribution in [0.25, 0.3) is 0 Å². The molecular formula is C18H33BrN2. The van der Waals surface area contributed by atoms with Crippen LogP contribution in [0.15, 0.2) is 0 Å². The minimum absolute atomic E-state index is 0. The van der Waals surface area contributed by atoms with Gasteiger partial charge in [-0.15, -0.1) is 0 Å². The summed E-state index contributed by atoms with van der Waals surface area (Å²) < 4.78 is 0. The molecule has 3 rings (SSSR count). The van der Waals surface area contributed by atoms with E-state index in [-0.39, 0.29) is 17.0 Å². The van der Waals surface area contributed by atoms with Gasteiger partial charge < -0.3 is 17.0 Å². The van der Waals surface area contributed by atoms with Gasteiger partial charge in [-0.2, -0.15) is 0 Å². The highest BCUT2D eigenvalue weighted by Crippen LogP contribution is 2.36.